The van der Waals surface area contributed by atoms with Crippen LogP contribution in [-0.4, -0.2) is 28.2 Å². The number of aromatic nitrogens is 2. The fraction of sp³-hybridized carbons (Fsp3) is 0.312. The fourth-order valence-corrected chi connectivity index (χ4v) is 3.28. The number of carbonyl (C=O) groups is 1. The summed E-state index contributed by atoms with van der Waals surface area (Å²) in [4.78, 5) is 33.0. The maximum absolute atomic E-state index is 12.4. The van der Waals surface area contributed by atoms with E-state index < -0.39 is 0 Å². The SMILES string of the molecule is Cc1nc(SCC(=O)N2CCc3ccccc32)[nH]c(=O)c1C. The summed E-state index contributed by atoms with van der Waals surface area (Å²) in [7, 11) is 0. The molecule has 2 aromatic rings. The Morgan fingerprint density at radius 1 is 1.36 bits per heavy atom. The molecule has 1 N–H and O–H groups in total. The number of anilines is 1. The standard InChI is InChI=1S/C16H17N3O2S/c1-10-11(2)17-16(18-15(10)21)22-9-14(20)19-8-7-12-5-3-4-6-13(12)19/h3-6H,7-9H2,1-2H3,(H,17,18,21). The van der Waals surface area contributed by atoms with Crippen molar-refractivity contribution in [1.29, 1.82) is 0 Å². The Morgan fingerprint density at radius 3 is 2.91 bits per heavy atom. The number of fused-ring (bicyclic) bond motifs is 1. The third kappa shape index (κ3) is 2.78. The lowest BCUT2D eigenvalue weighted by Gasteiger charge is -2.16. The molecule has 2 heterocycles. The lowest BCUT2D eigenvalue weighted by atomic mass is 10.2. The monoisotopic (exact) mass is 315 g/mol. The summed E-state index contributed by atoms with van der Waals surface area (Å²) >= 11 is 1.27. The number of nitrogens with zero attached hydrogens (tertiary/aromatic N) is 2. The quantitative estimate of drug-likeness (QED) is 0.695. The molecule has 0 saturated carbocycles. The third-order valence-corrected chi connectivity index (χ3v) is 4.75. The van der Waals surface area contributed by atoms with Crippen LogP contribution in [0.25, 0.3) is 0 Å². The molecule has 1 amide bonds. The average Bonchev–Trinajstić information content (AvgIpc) is 2.94. The predicted molar refractivity (Wildman–Crippen MR) is 87.6 cm³/mol. The Bertz CT molecular complexity index is 785. The summed E-state index contributed by atoms with van der Waals surface area (Å²) in [5.41, 5.74) is 3.37. The van der Waals surface area contributed by atoms with Crippen LogP contribution < -0.4 is 10.5 Å². The molecule has 0 aliphatic carbocycles. The van der Waals surface area contributed by atoms with Gasteiger partial charge in [0.1, 0.15) is 0 Å². The van der Waals surface area contributed by atoms with Crippen LogP contribution in [-0.2, 0) is 11.2 Å². The molecule has 0 saturated heterocycles. The molecule has 0 spiro atoms. The van der Waals surface area contributed by atoms with Crippen molar-refractivity contribution < 1.29 is 4.79 Å². The van der Waals surface area contributed by atoms with E-state index in [1.807, 2.05) is 23.1 Å². The van der Waals surface area contributed by atoms with Gasteiger partial charge in [-0.2, -0.15) is 0 Å². The number of para-hydroxylation sites is 1. The smallest absolute Gasteiger partial charge is 0.254 e. The van der Waals surface area contributed by atoms with Crippen molar-refractivity contribution >= 4 is 23.4 Å². The van der Waals surface area contributed by atoms with E-state index in [1.54, 1.807) is 13.8 Å². The highest BCUT2D eigenvalue weighted by molar-refractivity contribution is 7.99. The minimum atomic E-state index is -0.144. The first-order chi connectivity index (χ1) is 10.6. The summed E-state index contributed by atoms with van der Waals surface area (Å²) in [6, 6.07) is 7.96. The van der Waals surface area contributed by atoms with Gasteiger partial charge in [0.25, 0.3) is 5.56 Å². The van der Waals surface area contributed by atoms with Crippen LogP contribution in [0.2, 0.25) is 0 Å². The van der Waals surface area contributed by atoms with Crippen molar-refractivity contribution in [2.24, 2.45) is 0 Å². The molecular formula is C16H17N3O2S. The number of benzene rings is 1. The molecule has 1 aromatic heterocycles. The third-order valence-electron chi connectivity index (χ3n) is 3.89. The van der Waals surface area contributed by atoms with Gasteiger partial charge in [-0.3, -0.25) is 9.59 Å². The molecule has 0 unspecified atom stereocenters. The topological polar surface area (TPSA) is 66.1 Å². The largest absolute Gasteiger partial charge is 0.311 e. The van der Waals surface area contributed by atoms with Gasteiger partial charge in [-0.25, -0.2) is 4.98 Å². The zero-order valence-corrected chi connectivity index (χ0v) is 13.4. The maximum atomic E-state index is 12.4. The van der Waals surface area contributed by atoms with Gasteiger partial charge in [0, 0.05) is 23.5 Å². The van der Waals surface area contributed by atoms with Crippen LogP contribution in [0.4, 0.5) is 5.69 Å². The Hall–Kier alpha value is -2.08. The molecule has 22 heavy (non-hydrogen) atoms. The zero-order chi connectivity index (χ0) is 15.7. The number of carbonyl (C=O) groups excluding carboxylic acids is 1. The van der Waals surface area contributed by atoms with Crippen LogP contribution in [0.5, 0.6) is 0 Å². The lowest BCUT2D eigenvalue weighted by Crippen LogP contribution is -2.30. The minimum Gasteiger partial charge on any atom is -0.311 e. The van der Waals surface area contributed by atoms with Crippen molar-refractivity contribution in [2.75, 3.05) is 17.2 Å². The Kier molecular flexibility index (Phi) is 4.02. The van der Waals surface area contributed by atoms with Gasteiger partial charge >= 0.3 is 0 Å². The van der Waals surface area contributed by atoms with Crippen LogP contribution in [0, 0.1) is 13.8 Å². The molecule has 114 valence electrons. The van der Waals surface area contributed by atoms with E-state index in [4.69, 9.17) is 0 Å². The summed E-state index contributed by atoms with van der Waals surface area (Å²) in [5.74, 6) is 0.301. The number of H-pyrrole nitrogens is 1. The highest BCUT2D eigenvalue weighted by Gasteiger charge is 2.24. The maximum Gasteiger partial charge on any atom is 0.254 e. The normalized spacial score (nSPS) is 13.3. The first-order valence-electron chi connectivity index (χ1n) is 7.15. The van der Waals surface area contributed by atoms with Gasteiger partial charge in [-0.05, 0) is 31.9 Å². The molecule has 0 radical (unpaired) electrons. The van der Waals surface area contributed by atoms with E-state index in [9.17, 15) is 9.59 Å². The molecular weight excluding hydrogens is 298 g/mol. The highest BCUT2D eigenvalue weighted by Crippen LogP contribution is 2.28. The van der Waals surface area contributed by atoms with Crippen LogP contribution in [0.3, 0.4) is 0 Å². The van der Waals surface area contributed by atoms with E-state index in [2.05, 4.69) is 16.0 Å². The van der Waals surface area contributed by atoms with Crippen molar-refractivity contribution in [3.8, 4) is 0 Å². The van der Waals surface area contributed by atoms with Crippen molar-refractivity contribution in [1.82, 2.24) is 9.97 Å². The molecule has 1 aliphatic rings. The second-order valence-corrected chi connectivity index (χ2v) is 6.26. The molecule has 5 nitrogen and oxygen atoms in total. The Balaban J connectivity index is 1.70. The first-order valence-corrected chi connectivity index (χ1v) is 8.13. The molecule has 6 heteroatoms. The lowest BCUT2D eigenvalue weighted by molar-refractivity contribution is -0.116. The molecule has 3 rings (SSSR count). The van der Waals surface area contributed by atoms with Crippen LogP contribution in [0.1, 0.15) is 16.8 Å². The number of hydrogen-bond donors (Lipinski definition) is 1. The van der Waals surface area contributed by atoms with Crippen LogP contribution >= 0.6 is 11.8 Å². The van der Waals surface area contributed by atoms with Gasteiger partial charge in [0.05, 0.1) is 5.75 Å². The number of hydrogen-bond acceptors (Lipinski definition) is 4. The summed E-state index contributed by atoms with van der Waals surface area (Å²) < 4.78 is 0. The summed E-state index contributed by atoms with van der Waals surface area (Å²) in [5, 5.41) is 0.494. The van der Waals surface area contributed by atoms with E-state index in [-0.39, 0.29) is 17.2 Å². The van der Waals surface area contributed by atoms with Crippen molar-refractivity contribution in [3.63, 3.8) is 0 Å². The second kappa shape index (κ2) is 5.96. The number of rotatable bonds is 3. The predicted octanol–water partition coefficient (Wildman–Crippen LogP) is 2.07. The zero-order valence-electron chi connectivity index (χ0n) is 12.5. The molecule has 0 fully saturated rings. The van der Waals surface area contributed by atoms with Gasteiger partial charge in [0.15, 0.2) is 5.16 Å². The van der Waals surface area contributed by atoms with Crippen LogP contribution in [0.15, 0.2) is 34.2 Å². The van der Waals surface area contributed by atoms with Crippen molar-refractivity contribution in [3.05, 3.63) is 51.4 Å². The highest BCUT2D eigenvalue weighted by atomic mass is 32.2. The Labute approximate surface area is 132 Å². The van der Waals surface area contributed by atoms with E-state index >= 15 is 0 Å². The first kappa shape index (κ1) is 14.8. The van der Waals surface area contributed by atoms with E-state index in [0.717, 1.165) is 18.7 Å². The molecule has 0 bridgehead atoms. The Morgan fingerprint density at radius 2 is 2.14 bits per heavy atom. The van der Waals surface area contributed by atoms with E-state index in [0.29, 0.717) is 16.4 Å². The fourth-order valence-electron chi connectivity index (χ4n) is 2.49. The summed E-state index contributed by atoms with van der Waals surface area (Å²) in [6.45, 7) is 4.25. The number of nitrogens with one attached hydrogen (secondary N) is 1. The van der Waals surface area contributed by atoms with Gasteiger partial charge in [-0.15, -0.1) is 0 Å². The van der Waals surface area contributed by atoms with Gasteiger partial charge in [-0.1, -0.05) is 30.0 Å². The average molecular weight is 315 g/mol. The second-order valence-electron chi connectivity index (χ2n) is 5.29. The number of amides is 1. The van der Waals surface area contributed by atoms with Gasteiger partial charge in [0.2, 0.25) is 5.91 Å². The molecule has 1 aliphatic heterocycles. The number of aryl methyl sites for hydroxylation is 1. The minimum absolute atomic E-state index is 0.0378. The number of aromatic amines is 1. The summed E-state index contributed by atoms with van der Waals surface area (Å²) in [6.07, 6.45) is 0.894. The number of thioether (sulfide) groups is 1. The molecule has 0 atom stereocenters. The van der Waals surface area contributed by atoms with Crippen molar-refractivity contribution in [2.45, 2.75) is 25.4 Å². The molecule has 1 aromatic carbocycles. The van der Waals surface area contributed by atoms with Gasteiger partial charge < -0.3 is 9.88 Å². The van der Waals surface area contributed by atoms with E-state index in [1.165, 1.54) is 17.3 Å².